The van der Waals surface area contributed by atoms with E-state index in [1.807, 2.05) is 12.1 Å². The number of benzene rings is 1. The molecule has 0 aliphatic carbocycles. The van der Waals surface area contributed by atoms with Crippen LogP contribution in [0.2, 0.25) is 5.15 Å². The van der Waals surface area contributed by atoms with Gasteiger partial charge in [0.05, 0.1) is 11.2 Å². The summed E-state index contributed by atoms with van der Waals surface area (Å²) in [4.78, 5) is 7.92. The van der Waals surface area contributed by atoms with Gasteiger partial charge in [-0.3, -0.25) is 9.71 Å². The minimum atomic E-state index is -3.82. The van der Waals surface area contributed by atoms with Crippen molar-refractivity contribution in [2.75, 3.05) is 4.72 Å². The number of nitrogens with one attached hydrogen (secondary N) is 1. The molecule has 0 saturated carbocycles. The fourth-order valence-electron chi connectivity index (χ4n) is 1.96. The van der Waals surface area contributed by atoms with Crippen molar-refractivity contribution >= 4 is 38.2 Å². The summed E-state index contributed by atoms with van der Waals surface area (Å²) in [5, 5.41) is 0.771. The first kappa shape index (κ1) is 13.8. The van der Waals surface area contributed by atoms with Gasteiger partial charge in [-0.05, 0) is 24.3 Å². The van der Waals surface area contributed by atoms with Crippen molar-refractivity contribution in [1.82, 2.24) is 9.97 Å². The van der Waals surface area contributed by atoms with Crippen molar-refractivity contribution in [3.8, 4) is 0 Å². The summed E-state index contributed by atoms with van der Waals surface area (Å²) in [6, 6.07) is 11.8. The Labute approximate surface area is 126 Å². The zero-order chi connectivity index (χ0) is 14.9. The predicted molar refractivity (Wildman–Crippen MR) is 81.8 cm³/mol. The molecule has 0 aliphatic rings. The first-order valence-electron chi connectivity index (χ1n) is 6.05. The average Bonchev–Trinajstić information content (AvgIpc) is 2.47. The molecule has 7 heteroatoms. The first-order chi connectivity index (χ1) is 10.1. The smallest absolute Gasteiger partial charge is 0.265 e. The summed E-state index contributed by atoms with van der Waals surface area (Å²) >= 11 is 5.85. The summed E-state index contributed by atoms with van der Waals surface area (Å²) in [7, 11) is -3.82. The second-order valence-corrected chi connectivity index (χ2v) is 6.29. The number of aromatic nitrogens is 2. The van der Waals surface area contributed by atoms with Crippen LogP contribution in [0.15, 0.2) is 59.8 Å². The fourth-order valence-corrected chi connectivity index (χ4v) is 3.48. The molecule has 5 nitrogen and oxygen atoms in total. The molecule has 1 aromatic carbocycles. The molecule has 0 spiro atoms. The van der Waals surface area contributed by atoms with E-state index < -0.39 is 10.0 Å². The number of halogens is 1. The lowest BCUT2D eigenvalue weighted by Crippen LogP contribution is -2.14. The van der Waals surface area contributed by atoms with Crippen LogP contribution >= 0.6 is 11.6 Å². The maximum atomic E-state index is 12.4. The first-order valence-corrected chi connectivity index (χ1v) is 7.91. The highest BCUT2D eigenvalue weighted by Crippen LogP contribution is 2.25. The quantitative estimate of drug-likeness (QED) is 0.753. The molecule has 0 bridgehead atoms. The molecule has 0 radical (unpaired) electrons. The third-order valence-electron chi connectivity index (χ3n) is 2.89. The van der Waals surface area contributed by atoms with Crippen LogP contribution < -0.4 is 4.72 Å². The van der Waals surface area contributed by atoms with E-state index in [2.05, 4.69) is 14.7 Å². The van der Waals surface area contributed by atoms with E-state index >= 15 is 0 Å². The van der Waals surface area contributed by atoms with E-state index in [0.717, 1.165) is 5.39 Å². The molecule has 2 heterocycles. The number of sulfonamides is 1. The second kappa shape index (κ2) is 5.31. The summed E-state index contributed by atoms with van der Waals surface area (Å²) in [6.45, 7) is 0. The van der Waals surface area contributed by atoms with Gasteiger partial charge in [0, 0.05) is 17.8 Å². The van der Waals surface area contributed by atoms with Crippen LogP contribution in [0.25, 0.3) is 10.9 Å². The number of rotatable bonds is 3. The number of nitrogens with zero attached hydrogens (tertiary/aromatic N) is 2. The van der Waals surface area contributed by atoms with Crippen LogP contribution in [0.4, 0.5) is 5.69 Å². The summed E-state index contributed by atoms with van der Waals surface area (Å²) in [5.74, 6) is 0. The zero-order valence-corrected chi connectivity index (χ0v) is 12.3. The molecule has 106 valence electrons. The Hall–Kier alpha value is -2.18. The Morgan fingerprint density at radius 1 is 0.952 bits per heavy atom. The highest BCUT2D eigenvalue weighted by molar-refractivity contribution is 7.92. The Morgan fingerprint density at radius 2 is 1.67 bits per heavy atom. The normalized spacial score (nSPS) is 11.5. The van der Waals surface area contributed by atoms with E-state index in [-0.39, 0.29) is 10.0 Å². The molecule has 0 atom stereocenters. The largest absolute Gasteiger partial charge is 0.277 e. The van der Waals surface area contributed by atoms with Gasteiger partial charge in [0.25, 0.3) is 10.0 Å². The van der Waals surface area contributed by atoms with Crippen LogP contribution in [0, 0.1) is 0 Å². The molecule has 3 aromatic rings. The number of fused-ring (bicyclic) bond motifs is 1. The highest BCUT2D eigenvalue weighted by Gasteiger charge is 2.19. The number of anilines is 1. The molecule has 2 aromatic heterocycles. The van der Waals surface area contributed by atoms with Crippen molar-refractivity contribution in [2.24, 2.45) is 0 Å². The van der Waals surface area contributed by atoms with Gasteiger partial charge in [-0.25, -0.2) is 13.4 Å². The third kappa shape index (κ3) is 2.68. The Bertz CT molecular complexity index is 907. The van der Waals surface area contributed by atoms with Gasteiger partial charge < -0.3 is 0 Å². The van der Waals surface area contributed by atoms with Crippen LogP contribution in [0.1, 0.15) is 0 Å². The standard InChI is InChI=1S/C14H10ClN3O2S/c15-14-12(7-3-9-17-14)21(19,20)18-11-6-1-4-10-5-2-8-16-13(10)11/h1-9,18H. The van der Waals surface area contributed by atoms with Gasteiger partial charge in [0.2, 0.25) is 0 Å². The molecule has 3 rings (SSSR count). The van der Waals surface area contributed by atoms with Crippen LogP contribution in [0.5, 0.6) is 0 Å². The topological polar surface area (TPSA) is 72.0 Å². The summed E-state index contributed by atoms with van der Waals surface area (Å²) in [6.07, 6.45) is 3.04. The lowest BCUT2D eigenvalue weighted by atomic mass is 10.2. The molecule has 0 unspecified atom stereocenters. The monoisotopic (exact) mass is 319 g/mol. The molecular weight excluding hydrogens is 310 g/mol. The van der Waals surface area contributed by atoms with Gasteiger partial charge >= 0.3 is 0 Å². The number of para-hydroxylation sites is 1. The van der Waals surface area contributed by atoms with E-state index in [0.29, 0.717) is 11.2 Å². The minimum absolute atomic E-state index is 0.0698. The Kier molecular flexibility index (Phi) is 3.48. The predicted octanol–water partition coefficient (Wildman–Crippen LogP) is 3.08. The van der Waals surface area contributed by atoms with Gasteiger partial charge in [0.1, 0.15) is 10.0 Å². The zero-order valence-electron chi connectivity index (χ0n) is 10.7. The third-order valence-corrected chi connectivity index (χ3v) is 4.70. The van der Waals surface area contributed by atoms with E-state index in [4.69, 9.17) is 11.6 Å². The highest BCUT2D eigenvalue weighted by atomic mass is 35.5. The molecule has 1 N–H and O–H groups in total. The van der Waals surface area contributed by atoms with Crippen molar-refractivity contribution in [3.63, 3.8) is 0 Å². The average molecular weight is 320 g/mol. The van der Waals surface area contributed by atoms with E-state index in [9.17, 15) is 8.42 Å². The molecule has 0 aliphatic heterocycles. The van der Waals surface area contributed by atoms with Gasteiger partial charge in [0.15, 0.2) is 0 Å². The Balaban J connectivity index is 2.08. The fraction of sp³-hybridized carbons (Fsp3) is 0. The number of hydrogen-bond acceptors (Lipinski definition) is 4. The van der Waals surface area contributed by atoms with Gasteiger partial charge in [-0.2, -0.15) is 0 Å². The van der Waals surface area contributed by atoms with Crippen molar-refractivity contribution < 1.29 is 8.42 Å². The molecular formula is C14H10ClN3O2S. The minimum Gasteiger partial charge on any atom is -0.277 e. The van der Waals surface area contributed by atoms with Gasteiger partial charge in [-0.15, -0.1) is 0 Å². The maximum Gasteiger partial charge on any atom is 0.265 e. The second-order valence-electron chi connectivity index (χ2n) is 4.28. The van der Waals surface area contributed by atoms with Gasteiger partial charge in [-0.1, -0.05) is 29.8 Å². The summed E-state index contributed by atoms with van der Waals surface area (Å²) in [5.41, 5.74) is 0.969. The molecule has 21 heavy (non-hydrogen) atoms. The van der Waals surface area contributed by atoms with E-state index in [1.54, 1.807) is 24.4 Å². The Morgan fingerprint density at radius 3 is 2.48 bits per heavy atom. The lowest BCUT2D eigenvalue weighted by molar-refractivity contribution is 0.601. The SMILES string of the molecule is O=S(=O)(Nc1cccc2cccnc12)c1cccnc1Cl. The molecule has 0 amide bonds. The molecule has 0 saturated heterocycles. The maximum absolute atomic E-state index is 12.4. The van der Waals surface area contributed by atoms with Crippen molar-refractivity contribution in [2.45, 2.75) is 4.90 Å². The van der Waals surface area contributed by atoms with Crippen molar-refractivity contribution in [3.05, 3.63) is 60.0 Å². The summed E-state index contributed by atoms with van der Waals surface area (Å²) < 4.78 is 27.3. The van der Waals surface area contributed by atoms with E-state index in [1.165, 1.54) is 18.3 Å². The van der Waals surface area contributed by atoms with Crippen LogP contribution in [0.3, 0.4) is 0 Å². The lowest BCUT2D eigenvalue weighted by Gasteiger charge is -2.10. The molecule has 0 fully saturated rings. The van der Waals surface area contributed by atoms with Crippen LogP contribution in [-0.4, -0.2) is 18.4 Å². The number of pyridine rings is 2. The number of hydrogen-bond donors (Lipinski definition) is 1. The van der Waals surface area contributed by atoms with Crippen molar-refractivity contribution in [1.29, 1.82) is 0 Å². The van der Waals surface area contributed by atoms with Crippen LogP contribution in [-0.2, 0) is 10.0 Å².